The van der Waals surface area contributed by atoms with E-state index in [4.69, 9.17) is 14.2 Å². The Labute approximate surface area is 247 Å². The van der Waals surface area contributed by atoms with Gasteiger partial charge < -0.3 is 14.2 Å². The van der Waals surface area contributed by atoms with Crippen LogP contribution in [0.3, 0.4) is 0 Å². The SMILES string of the molecule is CCCCCCCCCC(=O)OC[C@H](COC(=O)CCCCCCCCC(C)CC)OC(=O)CCCCCCC. The van der Waals surface area contributed by atoms with E-state index in [1.54, 1.807) is 0 Å². The average Bonchev–Trinajstić information content (AvgIpc) is 2.95. The van der Waals surface area contributed by atoms with Gasteiger partial charge in [0, 0.05) is 19.3 Å². The summed E-state index contributed by atoms with van der Waals surface area (Å²) < 4.78 is 16.4. The minimum atomic E-state index is -0.754. The maximum absolute atomic E-state index is 12.4. The molecule has 6 heteroatoms. The molecule has 0 saturated heterocycles. The zero-order chi connectivity index (χ0) is 29.7. The lowest BCUT2D eigenvalue weighted by Gasteiger charge is -2.18. The highest BCUT2D eigenvalue weighted by molar-refractivity contribution is 5.71. The molecule has 0 aromatic rings. The minimum absolute atomic E-state index is 0.0686. The molecule has 0 saturated carbocycles. The number of carbonyl (C=O) groups excluding carboxylic acids is 3. The van der Waals surface area contributed by atoms with Gasteiger partial charge in [-0.25, -0.2) is 0 Å². The third-order valence-electron chi connectivity index (χ3n) is 7.65. The molecule has 40 heavy (non-hydrogen) atoms. The number of carbonyl (C=O) groups is 3. The second-order valence-corrected chi connectivity index (χ2v) is 11.7. The summed E-state index contributed by atoms with van der Waals surface area (Å²) in [6.07, 6.45) is 22.7. The number of hydrogen-bond donors (Lipinski definition) is 0. The molecule has 0 aliphatic carbocycles. The third-order valence-corrected chi connectivity index (χ3v) is 7.65. The highest BCUT2D eigenvalue weighted by Gasteiger charge is 2.19. The van der Waals surface area contributed by atoms with Crippen molar-refractivity contribution < 1.29 is 28.6 Å². The van der Waals surface area contributed by atoms with Gasteiger partial charge in [-0.2, -0.15) is 0 Å². The zero-order valence-electron chi connectivity index (χ0n) is 26.8. The van der Waals surface area contributed by atoms with Gasteiger partial charge in [0.2, 0.25) is 0 Å². The molecule has 0 aliphatic heterocycles. The van der Waals surface area contributed by atoms with Crippen molar-refractivity contribution in [2.45, 2.75) is 181 Å². The van der Waals surface area contributed by atoms with E-state index in [9.17, 15) is 14.4 Å². The Balaban J connectivity index is 4.31. The van der Waals surface area contributed by atoms with Crippen molar-refractivity contribution in [3.8, 4) is 0 Å². The molecule has 0 rings (SSSR count). The smallest absolute Gasteiger partial charge is 0.306 e. The van der Waals surface area contributed by atoms with Crippen LogP contribution in [0.4, 0.5) is 0 Å². The van der Waals surface area contributed by atoms with Crippen LogP contribution in [-0.4, -0.2) is 37.2 Å². The van der Waals surface area contributed by atoms with Crippen LogP contribution in [0.25, 0.3) is 0 Å². The Kier molecular flexibility index (Phi) is 27.8. The van der Waals surface area contributed by atoms with Gasteiger partial charge in [0.1, 0.15) is 13.2 Å². The first-order valence-electron chi connectivity index (χ1n) is 16.9. The van der Waals surface area contributed by atoms with E-state index >= 15 is 0 Å². The van der Waals surface area contributed by atoms with Gasteiger partial charge in [-0.15, -0.1) is 0 Å². The summed E-state index contributed by atoms with van der Waals surface area (Å²) in [7, 11) is 0. The monoisotopic (exact) mass is 568 g/mol. The molecule has 0 N–H and O–H groups in total. The number of rotatable bonds is 29. The molecule has 0 amide bonds. The number of hydrogen-bond acceptors (Lipinski definition) is 6. The molecule has 0 spiro atoms. The number of ether oxygens (including phenoxy) is 3. The standard InChI is InChI=1S/C34H64O6/c1-5-8-10-12-13-18-21-25-32(35)38-28-31(40-34(37)27-23-16-11-9-6-2)29-39-33(36)26-22-19-15-14-17-20-24-30(4)7-3/h30-31H,5-29H2,1-4H3/t30?,31-/m1/s1. The molecule has 0 heterocycles. The minimum Gasteiger partial charge on any atom is -0.462 e. The van der Waals surface area contributed by atoms with Gasteiger partial charge >= 0.3 is 17.9 Å². The highest BCUT2D eigenvalue weighted by atomic mass is 16.6. The molecule has 0 aliphatic rings. The summed E-state index contributed by atoms with van der Waals surface area (Å²) in [5.74, 6) is -0.0808. The molecule has 6 nitrogen and oxygen atoms in total. The van der Waals surface area contributed by atoms with Crippen LogP contribution < -0.4 is 0 Å². The Bertz CT molecular complexity index is 605. The van der Waals surface area contributed by atoms with Crippen molar-refractivity contribution in [1.82, 2.24) is 0 Å². The molecule has 0 fully saturated rings. The van der Waals surface area contributed by atoms with E-state index in [0.29, 0.717) is 19.3 Å². The van der Waals surface area contributed by atoms with Crippen molar-refractivity contribution >= 4 is 17.9 Å². The quantitative estimate of drug-likeness (QED) is 0.0508. The Hall–Kier alpha value is -1.59. The fourth-order valence-corrected chi connectivity index (χ4v) is 4.65. The van der Waals surface area contributed by atoms with Crippen LogP contribution >= 0.6 is 0 Å². The van der Waals surface area contributed by atoms with E-state index in [2.05, 4.69) is 27.7 Å². The topological polar surface area (TPSA) is 78.9 Å². The second kappa shape index (κ2) is 28.9. The van der Waals surface area contributed by atoms with E-state index in [1.807, 2.05) is 0 Å². The van der Waals surface area contributed by atoms with Crippen molar-refractivity contribution in [2.75, 3.05) is 13.2 Å². The largest absolute Gasteiger partial charge is 0.462 e. The summed E-state index contributed by atoms with van der Waals surface area (Å²) in [5, 5.41) is 0. The van der Waals surface area contributed by atoms with Gasteiger partial charge in [-0.05, 0) is 25.2 Å². The Morgan fingerprint density at radius 2 is 0.875 bits per heavy atom. The van der Waals surface area contributed by atoms with Crippen molar-refractivity contribution in [2.24, 2.45) is 5.92 Å². The Morgan fingerprint density at radius 3 is 1.30 bits per heavy atom. The summed E-state index contributed by atoms with van der Waals surface area (Å²) in [5.41, 5.74) is 0. The summed E-state index contributed by atoms with van der Waals surface area (Å²) >= 11 is 0. The fourth-order valence-electron chi connectivity index (χ4n) is 4.65. The van der Waals surface area contributed by atoms with Crippen molar-refractivity contribution in [3.05, 3.63) is 0 Å². The van der Waals surface area contributed by atoms with Gasteiger partial charge in [0.25, 0.3) is 0 Å². The second-order valence-electron chi connectivity index (χ2n) is 11.7. The number of esters is 3. The van der Waals surface area contributed by atoms with Gasteiger partial charge in [-0.1, -0.05) is 137 Å². The van der Waals surface area contributed by atoms with E-state index in [0.717, 1.165) is 70.1 Å². The van der Waals surface area contributed by atoms with Crippen LogP contribution in [0.2, 0.25) is 0 Å². The first kappa shape index (κ1) is 38.4. The van der Waals surface area contributed by atoms with Crippen LogP contribution in [0.15, 0.2) is 0 Å². The predicted octanol–water partition coefficient (Wildman–Crippen LogP) is 9.65. The summed E-state index contributed by atoms with van der Waals surface area (Å²) in [6.45, 7) is 8.78. The molecule has 0 bridgehead atoms. The third kappa shape index (κ3) is 26.6. The fraction of sp³-hybridized carbons (Fsp3) is 0.912. The molecule has 236 valence electrons. The number of unbranched alkanes of at least 4 members (excludes halogenated alkanes) is 15. The molecule has 0 aromatic heterocycles. The van der Waals surface area contributed by atoms with Crippen molar-refractivity contribution in [1.29, 1.82) is 0 Å². The van der Waals surface area contributed by atoms with Crippen LogP contribution in [0.5, 0.6) is 0 Å². The maximum Gasteiger partial charge on any atom is 0.306 e. The first-order chi connectivity index (χ1) is 19.4. The predicted molar refractivity (Wildman–Crippen MR) is 164 cm³/mol. The Morgan fingerprint density at radius 1 is 0.500 bits per heavy atom. The summed E-state index contributed by atoms with van der Waals surface area (Å²) in [6, 6.07) is 0. The maximum atomic E-state index is 12.4. The first-order valence-corrected chi connectivity index (χ1v) is 16.9. The van der Waals surface area contributed by atoms with Crippen LogP contribution in [-0.2, 0) is 28.6 Å². The van der Waals surface area contributed by atoms with Crippen LogP contribution in [0.1, 0.15) is 175 Å². The van der Waals surface area contributed by atoms with E-state index < -0.39 is 6.10 Å². The average molecular weight is 569 g/mol. The van der Waals surface area contributed by atoms with E-state index in [1.165, 1.54) is 64.2 Å². The lowest BCUT2D eigenvalue weighted by Crippen LogP contribution is -2.30. The zero-order valence-corrected chi connectivity index (χ0v) is 26.8. The lowest BCUT2D eigenvalue weighted by atomic mass is 10.00. The normalized spacial score (nSPS) is 12.6. The summed E-state index contributed by atoms with van der Waals surface area (Å²) in [4.78, 5) is 36.9. The molecular weight excluding hydrogens is 504 g/mol. The highest BCUT2D eigenvalue weighted by Crippen LogP contribution is 2.15. The van der Waals surface area contributed by atoms with Gasteiger partial charge in [0.15, 0.2) is 6.10 Å². The van der Waals surface area contributed by atoms with Crippen molar-refractivity contribution in [3.63, 3.8) is 0 Å². The van der Waals surface area contributed by atoms with E-state index in [-0.39, 0.29) is 31.1 Å². The van der Waals surface area contributed by atoms with Crippen LogP contribution in [0, 0.1) is 5.92 Å². The lowest BCUT2D eigenvalue weighted by molar-refractivity contribution is -0.167. The molecule has 0 aromatic carbocycles. The van der Waals surface area contributed by atoms with Gasteiger partial charge in [-0.3, -0.25) is 14.4 Å². The molecular formula is C34H64O6. The molecule has 2 atom stereocenters. The molecule has 1 unspecified atom stereocenters. The van der Waals surface area contributed by atoms with Gasteiger partial charge in [0.05, 0.1) is 0 Å². The molecule has 0 radical (unpaired) electrons.